The maximum absolute atomic E-state index is 13.6. The van der Waals surface area contributed by atoms with Crippen molar-refractivity contribution in [3.05, 3.63) is 88.6 Å². The Labute approximate surface area is 262 Å². The van der Waals surface area contributed by atoms with Crippen LogP contribution in [0.1, 0.15) is 50.3 Å². The highest BCUT2D eigenvalue weighted by Crippen LogP contribution is 2.38. The van der Waals surface area contributed by atoms with E-state index in [-0.39, 0.29) is 28.6 Å². The SMILES string of the molecule is CC.N#Cc1ccnc(N2CCC(O)C2=O)c1.O=CN(c1cc(F)cc(F)c1)C(C(=O)NC1CC(F)(F)C1)c1ccccc1Cl. The third-order valence-corrected chi connectivity index (χ3v) is 7.09. The van der Waals surface area contributed by atoms with Gasteiger partial charge in [0.2, 0.25) is 12.3 Å². The smallest absolute Gasteiger partial charge is 0.257 e. The Bertz CT molecular complexity index is 1540. The number of aromatic nitrogens is 1. The van der Waals surface area contributed by atoms with Crippen molar-refractivity contribution in [2.45, 2.75) is 57.2 Å². The molecule has 2 fully saturated rings. The number of amides is 3. The lowest BCUT2D eigenvalue weighted by Gasteiger charge is -2.37. The number of nitriles is 1. The molecule has 5 rings (SSSR count). The van der Waals surface area contributed by atoms with Crippen LogP contribution in [0.5, 0.6) is 0 Å². The average molecular weight is 648 g/mol. The number of alkyl halides is 2. The van der Waals surface area contributed by atoms with Crippen molar-refractivity contribution in [2.24, 2.45) is 0 Å². The second-order valence-electron chi connectivity index (χ2n) is 9.84. The first-order valence-electron chi connectivity index (χ1n) is 13.9. The first-order valence-corrected chi connectivity index (χ1v) is 14.3. The van der Waals surface area contributed by atoms with Gasteiger partial charge in [0, 0.05) is 54.7 Å². The summed E-state index contributed by atoms with van der Waals surface area (Å²) in [6, 6.07) is 11.4. The molecule has 1 aromatic heterocycles. The zero-order valence-electron chi connectivity index (χ0n) is 24.3. The summed E-state index contributed by atoms with van der Waals surface area (Å²) in [6.45, 7) is 4.45. The Balaban J connectivity index is 0.000000273. The molecular weight excluding hydrogens is 618 g/mol. The predicted molar refractivity (Wildman–Crippen MR) is 158 cm³/mol. The van der Waals surface area contributed by atoms with E-state index in [1.165, 1.54) is 29.3 Å². The Morgan fingerprint density at radius 3 is 2.36 bits per heavy atom. The summed E-state index contributed by atoms with van der Waals surface area (Å²) in [5.41, 5.74) is 0.421. The van der Waals surface area contributed by atoms with E-state index < -0.39 is 54.5 Å². The van der Waals surface area contributed by atoms with Crippen molar-refractivity contribution in [3.8, 4) is 6.07 Å². The molecule has 14 heteroatoms. The van der Waals surface area contributed by atoms with Crippen LogP contribution in [0.2, 0.25) is 5.02 Å². The summed E-state index contributed by atoms with van der Waals surface area (Å²) in [6.07, 6.45) is 0.144. The molecule has 0 radical (unpaired) electrons. The lowest BCUT2D eigenvalue weighted by molar-refractivity contribution is -0.131. The highest BCUT2D eigenvalue weighted by molar-refractivity contribution is 6.31. The number of pyridine rings is 1. The molecule has 0 bridgehead atoms. The minimum Gasteiger partial charge on any atom is -0.383 e. The van der Waals surface area contributed by atoms with Crippen LogP contribution in [-0.4, -0.2) is 52.9 Å². The monoisotopic (exact) mass is 647 g/mol. The molecule has 3 aromatic rings. The van der Waals surface area contributed by atoms with E-state index in [0.717, 1.165) is 17.0 Å². The average Bonchev–Trinajstić information content (AvgIpc) is 3.33. The molecule has 1 aliphatic carbocycles. The molecule has 2 atom stereocenters. The molecule has 0 spiro atoms. The molecule has 1 saturated heterocycles. The molecule has 2 aliphatic rings. The molecule has 238 valence electrons. The Morgan fingerprint density at radius 2 is 1.82 bits per heavy atom. The first-order chi connectivity index (χ1) is 21.4. The van der Waals surface area contributed by atoms with Gasteiger partial charge in [0.25, 0.3) is 11.8 Å². The molecule has 9 nitrogen and oxygen atoms in total. The molecular formula is C31H30ClF4N5O4. The number of halogens is 5. The van der Waals surface area contributed by atoms with Crippen LogP contribution in [0.25, 0.3) is 0 Å². The van der Waals surface area contributed by atoms with Gasteiger partial charge in [-0.15, -0.1) is 0 Å². The Kier molecular flexibility index (Phi) is 12.0. The largest absolute Gasteiger partial charge is 0.383 e. The summed E-state index contributed by atoms with van der Waals surface area (Å²) in [5, 5.41) is 20.5. The molecule has 45 heavy (non-hydrogen) atoms. The Morgan fingerprint density at radius 1 is 1.18 bits per heavy atom. The maximum atomic E-state index is 13.6. The van der Waals surface area contributed by atoms with Gasteiger partial charge in [-0.05, 0) is 30.3 Å². The van der Waals surface area contributed by atoms with E-state index in [9.17, 15) is 37.1 Å². The summed E-state index contributed by atoms with van der Waals surface area (Å²) in [7, 11) is 0. The van der Waals surface area contributed by atoms with Gasteiger partial charge in [0.05, 0.1) is 17.3 Å². The predicted octanol–water partition coefficient (Wildman–Crippen LogP) is 5.31. The molecule has 3 amide bonds. The Hall–Kier alpha value is -4.54. The van der Waals surface area contributed by atoms with Gasteiger partial charge < -0.3 is 10.4 Å². The fourth-order valence-corrected chi connectivity index (χ4v) is 4.88. The van der Waals surface area contributed by atoms with Crippen molar-refractivity contribution >= 4 is 41.3 Å². The third kappa shape index (κ3) is 8.77. The summed E-state index contributed by atoms with van der Waals surface area (Å²) < 4.78 is 53.4. The maximum Gasteiger partial charge on any atom is 0.257 e. The number of carbonyl (C=O) groups is 3. The fourth-order valence-electron chi connectivity index (χ4n) is 4.64. The number of hydrogen-bond acceptors (Lipinski definition) is 6. The summed E-state index contributed by atoms with van der Waals surface area (Å²) >= 11 is 6.15. The van der Waals surface area contributed by atoms with Gasteiger partial charge in [-0.25, -0.2) is 22.5 Å². The normalized spacial score (nSPS) is 17.4. The number of hydrogen-bond donors (Lipinski definition) is 2. The van der Waals surface area contributed by atoms with E-state index >= 15 is 0 Å². The molecule has 1 aliphatic heterocycles. The first kappa shape index (κ1) is 34.9. The van der Waals surface area contributed by atoms with Crippen LogP contribution < -0.4 is 15.1 Å². The van der Waals surface area contributed by atoms with E-state index in [4.69, 9.17) is 16.9 Å². The van der Waals surface area contributed by atoms with Crippen molar-refractivity contribution in [2.75, 3.05) is 16.3 Å². The number of nitrogens with zero attached hydrogens (tertiary/aromatic N) is 4. The number of rotatable bonds is 7. The van der Waals surface area contributed by atoms with Crippen molar-refractivity contribution < 1.29 is 37.1 Å². The van der Waals surface area contributed by atoms with Gasteiger partial charge in [0.1, 0.15) is 29.6 Å². The number of aliphatic hydroxyl groups is 1. The molecule has 2 heterocycles. The number of aliphatic hydroxyl groups excluding tert-OH is 1. The van der Waals surface area contributed by atoms with E-state index in [1.807, 2.05) is 19.9 Å². The molecule has 2 unspecified atom stereocenters. The highest BCUT2D eigenvalue weighted by atomic mass is 35.5. The third-order valence-electron chi connectivity index (χ3n) is 6.75. The minimum absolute atomic E-state index is 0.130. The minimum atomic E-state index is -2.85. The van der Waals surface area contributed by atoms with Gasteiger partial charge in [-0.2, -0.15) is 5.26 Å². The zero-order valence-corrected chi connectivity index (χ0v) is 25.0. The number of benzene rings is 2. The zero-order chi connectivity index (χ0) is 33.3. The van der Waals surface area contributed by atoms with Crippen molar-refractivity contribution in [1.29, 1.82) is 5.26 Å². The van der Waals surface area contributed by atoms with E-state index in [0.29, 0.717) is 30.4 Å². The molecule has 1 saturated carbocycles. The van der Waals surface area contributed by atoms with Gasteiger partial charge >= 0.3 is 0 Å². The quantitative estimate of drug-likeness (QED) is 0.264. The van der Waals surface area contributed by atoms with Gasteiger partial charge in [0.15, 0.2) is 0 Å². The number of carbonyl (C=O) groups excluding carboxylic acids is 3. The van der Waals surface area contributed by atoms with Crippen molar-refractivity contribution in [1.82, 2.24) is 10.3 Å². The van der Waals surface area contributed by atoms with E-state index in [2.05, 4.69) is 10.3 Å². The lowest BCUT2D eigenvalue weighted by atomic mass is 9.87. The van der Waals surface area contributed by atoms with Crippen LogP contribution in [0.15, 0.2) is 60.8 Å². The second-order valence-corrected chi connectivity index (χ2v) is 10.3. The van der Waals surface area contributed by atoms with Gasteiger partial charge in [-0.1, -0.05) is 43.6 Å². The molecule has 2 aromatic carbocycles. The second kappa shape index (κ2) is 15.5. The lowest BCUT2D eigenvalue weighted by Crippen LogP contribution is -2.53. The topological polar surface area (TPSA) is 127 Å². The number of nitrogens with one attached hydrogen (secondary N) is 1. The fraction of sp³-hybridized carbons (Fsp3) is 0.323. The standard InChI is InChI=1S/C19H15ClF4N2O2.C10H9N3O2.C2H6/c20-16-4-2-1-3-15(16)17(18(28)25-13-8-19(23,24)9-13)26(10-27)14-6-11(21)5-12(22)7-14;11-6-7-1-3-12-9(5-7)13-4-2-8(14)10(13)15;1-2/h1-7,10,13,17H,8-9H2,(H,25,28);1,3,5,8,14H,2,4H2;1-2H3. The van der Waals surface area contributed by atoms with Crippen LogP contribution in [0.3, 0.4) is 0 Å². The highest BCUT2D eigenvalue weighted by Gasteiger charge is 2.47. The van der Waals surface area contributed by atoms with Crippen LogP contribution in [0, 0.1) is 23.0 Å². The summed E-state index contributed by atoms with van der Waals surface area (Å²) in [5.74, 6) is -5.45. The van der Waals surface area contributed by atoms with Crippen LogP contribution in [-0.2, 0) is 14.4 Å². The van der Waals surface area contributed by atoms with Crippen LogP contribution in [0.4, 0.5) is 29.1 Å². The summed E-state index contributed by atoms with van der Waals surface area (Å²) in [4.78, 5) is 42.3. The number of anilines is 2. The van der Waals surface area contributed by atoms with Crippen LogP contribution >= 0.6 is 11.6 Å². The molecule has 2 N–H and O–H groups in total. The van der Waals surface area contributed by atoms with Gasteiger partial charge in [-0.3, -0.25) is 24.2 Å². The van der Waals surface area contributed by atoms with Crippen molar-refractivity contribution in [3.63, 3.8) is 0 Å². The van der Waals surface area contributed by atoms with E-state index in [1.54, 1.807) is 18.2 Å².